The van der Waals surface area contributed by atoms with E-state index in [4.69, 9.17) is 42.1 Å². The van der Waals surface area contributed by atoms with Gasteiger partial charge in [-0.3, -0.25) is 35.2 Å². The Bertz CT molecular complexity index is 3040. The molecule has 1 aliphatic heterocycles. The largest absolute Gasteiger partial charge is 0.488 e. The van der Waals surface area contributed by atoms with Crippen LogP contribution in [0, 0.1) is 25.2 Å². The molecule has 0 amide bonds. The molecule has 0 saturated heterocycles. The number of aliphatic carboxylic acids is 2. The first-order valence-electron chi connectivity index (χ1n) is 22.4. The molecule has 0 radical (unpaired) electrons. The normalized spacial score (nSPS) is 13.5. The minimum Gasteiger partial charge on any atom is -0.488 e. The van der Waals surface area contributed by atoms with Gasteiger partial charge in [-0.05, 0) is 85.3 Å². The number of nitrogens with one attached hydrogen (secondary N) is 2. The summed E-state index contributed by atoms with van der Waals surface area (Å²) in [4.78, 5) is 36.6. The molecule has 3 heterocycles. The van der Waals surface area contributed by atoms with E-state index in [9.17, 15) is 35.3 Å². The minimum absolute atomic E-state index is 0.0150. The molecule has 2 aromatic heterocycles. The van der Waals surface area contributed by atoms with Gasteiger partial charge < -0.3 is 39.4 Å². The number of nitrogens with zero attached hydrogens (tertiary/aromatic N) is 4. The highest BCUT2D eigenvalue weighted by atomic mass is 35.5. The Labute approximate surface area is 420 Å². The number of pyridine rings is 2. The van der Waals surface area contributed by atoms with E-state index >= 15 is 0 Å². The predicted molar refractivity (Wildman–Crippen MR) is 266 cm³/mol. The van der Waals surface area contributed by atoms with Gasteiger partial charge in [0.25, 0.3) is 0 Å². The third-order valence-corrected chi connectivity index (χ3v) is 12.8. The summed E-state index contributed by atoms with van der Waals surface area (Å²) >= 11 is 13.6. The fourth-order valence-corrected chi connectivity index (χ4v) is 7.85. The number of aliphatic imine (C=N–C) groups is 1. The van der Waals surface area contributed by atoms with E-state index in [1.165, 1.54) is 20.0 Å². The zero-order valence-electron chi connectivity index (χ0n) is 39.4. The quantitative estimate of drug-likeness (QED) is 0.0338. The predicted octanol–water partition coefficient (Wildman–Crippen LogP) is 7.91. The summed E-state index contributed by atoms with van der Waals surface area (Å²) in [6, 6.07) is 24.2. The number of benzene rings is 4. The van der Waals surface area contributed by atoms with Crippen molar-refractivity contribution >= 4 is 40.9 Å². The first-order valence-corrected chi connectivity index (χ1v) is 23.1. The van der Waals surface area contributed by atoms with Crippen LogP contribution in [0.2, 0.25) is 10.0 Å². The molecule has 6 aromatic rings. The lowest BCUT2D eigenvalue weighted by molar-refractivity contribution is -0.146. The van der Waals surface area contributed by atoms with Crippen molar-refractivity contribution in [3.05, 3.63) is 163 Å². The zero-order valence-corrected chi connectivity index (χ0v) is 40.9. The van der Waals surface area contributed by atoms with Crippen LogP contribution in [0.5, 0.6) is 23.0 Å². The van der Waals surface area contributed by atoms with Crippen LogP contribution in [0.4, 0.5) is 0 Å². The van der Waals surface area contributed by atoms with Crippen molar-refractivity contribution in [1.82, 2.24) is 20.6 Å². The number of hydrogen-bond donors (Lipinski definition) is 6. The van der Waals surface area contributed by atoms with Gasteiger partial charge >= 0.3 is 11.9 Å². The number of halogens is 2. The van der Waals surface area contributed by atoms with Gasteiger partial charge in [0.15, 0.2) is 0 Å². The van der Waals surface area contributed by atoms with Gasteiger partial charge in [0.1, 0.15) is 66.6 Å². The molecular weight excluding hydrogens is 952 g/mol. The number of aliphatic hydroxyl groups excluding tert-OH is 2. The fraction of sp³-hybridized carbons (Fsp3) is 0.283. The molecule has 16 nitrogen and oxygen atoms in total. The van der Waals surface area contributed by atoms with E-state index in [-0.39, 0.29) is 49.6 Å². The molecule has 1 aliphatic rings. The maximum atomic E-state index is 12.0. The minimum atomic E-state index is -1.63. The van der Waals surface area contributed by atoms with Gasteiger partial charge in [-0.1, -0.05) is 59.6 Å². The molecule has 7 rings (SSSR count). The first-order chi connectivity index (χ1) is 34.0. The van der Waals surface area contributed by atoms with Crippen molar-refractivity contribution in [3.8, 4) is 40.2 Å². The van der Waals surface area contributed by atoms with Crippen LogP contribution >= 0.6 is 23.2 Å². The van der Waals surface area contributed by atoms with Crippen LogP contribution in [0.3, 0.4) is 0 Å². The number of carboxylic acid groups (broad SMARTS) is 2. The summed E-state index contributed by atoms with van der Waals surface area (Å²) in [5.74, 6) is -1.05. The smallest absolute Gasteiger partial charge is 0.326 e. The van der Waals surface area contributed by atoms with Gasteiger partial charge in [0.2, 0.25) is 0 Å². The second kappa shape index (κ2) is 22.8. The number of hydrogen-bond acceptors (Lipinski definition) is 14. The summed E-state index contributed by atoms with van der Waals surface area (Å²) in [6.07, 6.45) is 6.47. The molecule has 0 saturated carbocycles. The number of ether oxygens (including phenoxy) is 4. The fourth-order valence-electron chi connectivity index (χ4n) is 7.37. The Kier molecular flexibility index (Phi) is 16.6. The van der Waals surface area contributed by atoms with Crippen molar-refractivity contribution in [2.45, 2.75) is 78.3 Å². The standard InChI is InChI=1S/C53H52Cl2N6O10/c1-31-36(27-70-48-15-46(68-25-34-11-33(17-56)18-57-19-34)39(13-43(48)54)22-60-52(3,29-62)50(64)65)7-5-9-41(31)42-10-6-8-37(32(42)2)28-71-49-16-47(69-26-35-12-38(21-58-20-35)45-24-59-45)40(14-44(49)55)23-61-53(4,30-63)51(66)67/h5-16,18-21,60-63H,22-30H2,1-4H3,(H,64,65)(H,66,67)/t52-,53-/m0/s1. The molecule has 0 bridgehead atoms. The highest BCUT2D eigenvalue weighted by molar-refractivity contribution is 6.32. The second-order valence-electron chi connectivity index (χ2n) is 17.5. The molecular formula is C53H52Cl2N6O10. The first kappa shape index (κ1) is 51.7. The Hall–Kier alpha value is -7.10. The number of carboxylic acids is 2. The lowest BCUT2D eigenvalue weighted by atomic mass is 9.92. The van der Waals surface area contributed by atoms with Crippen LogP contribution < -0.4 is 29.6 Å². The summed E-state index contributed by atoms with van der Waals surface area (Å²) in [5.41, 5.74) is 7.16. The van der Waals surface area contributed by atoms with Gasteiger partial charge in [-0.15, -0.1) is 0 Å². The third kappa shape index (κ3) is 12.6. The van der Waals surface area contributed by atoms with E-state index in [1.54, 1.807) is 48.9 Å². The van der Waals surface area contributed by atoms with E-state index in [2.05, 4.69) is 31.7 Å². The molecule has 71 heavy (non-hydrogen) atoms. The molecule has 18 heteroatoms. The van der Waals surface area contributed by atoms with E-state index in [1.807, 2.05) is 56.3 Å². The third-order valence-electron chi connectivity index (χ3n) is 12.3. The molecule has 0 aliphatic carbocycles. The number of aliphatic hydroxyl groups is 2. The molecule has 2 atom stereocenters. The number of nitriles is 1. The lowest BCUT2D eigenvalue weighted by Gasteiger charge is -2.25. The summed E-state index contributed by atoms with van der Waals surface area (Å²) in [7, 11) is 0. The van der Waals surface area contributed by atoms with Crippen LogP contribution in [0.15, 0.2) is 103 Å². The molecule has 0 spiro atoms. The average molecular weight is 1000 g/mol. The average Bonchev–Trinajstić information content (AvgIpc) is 4.23. The van der Waals surface area contributed by atoms with E-state index in [0.29, 0.717) is 51.8 Å². The van der Waals surface area contributed by atoms with Crippen molar-refractivity contribution in [1.29, 1.82) is 5.26 Å². The topological polar surface area (TPSA) is 238 Å². The van der Waals surface area contributed by atoms with E-state index in [0.717, 1.165) is 50.2 Å². The Morgan fingerprint density at radius 3 is 1.54 bits per heavy atom. The Morgan fingerprint density at radius 1 is 0.648 bits per heavy atom. The van der Waals surface area contributed by atoms with Crippen molar-refractivity contribution in [2.75, 3.05) is 19.8 Å². The van der Waals surface area contributed by atoms with Crippen LogP contribution in [-0.2, 0) is 49.1 Å². The van der Waals surface area contributed by atoms with E-state index < -0.39 is 36.2 Å². The summed E-state index contributed by atoms with van der Waals surface area (Å²) < 4.78 is 25.2. The zero-order chi connectivity index (χ0) is 50.9. The molecule has 4 aromatic carbocycles. The molecule has 0 unspecified atom stereocenters. The summed E-state index contributed by atoms with van der Waals surface area (Å²) in [5, 5.41) is 54.9. The van der Waals surface area contributed by atoms with Crippen LogP contribution in [0.1, 0.15) is 69.5 Å². The number of rotatable bonds is 24. The highest BCUT2D eigenvalue weighted by Gasteiger charge is 2.33. The van der Waals surface area contributed by atoms with Crippen molar-refractivity contribution in [2.24, 2.45) is 4.99 Å². The van der Waals surface area contributed by atoms with Crippen molar-refractivity contribution in [3.63, 3.8) is 0 Å². The Balaban J connectivity index is 1.09. The van der Waals surface area contributed by atoms with Crippen LogP contribution in [-0.4, -0.2) is 78.9 Å². The molecule has 6 N–H and O–H groups in total. The highest BCUT2D eigenvalue weighted by Crippen LogP contribution is 2.38. The molecule has 0 fully saturated rings. The maximum absolute atomic E-state index is 12.0. The van der Waals surface area contributed by atoms with Crippen LogP contribution in [0.25, 0.3) is 11.1 Å². The second-order valence-corrected chi connectivity index (χ2v) is 18.3. The molecule has 368 valence electrons. The van der Waals surface area contributed by atoms with Crippen molar-refractivity contribution < 1.29 is 49.0 Å². The van der Waals surface area contributed by atoms with Gasteiger partial charge in [0.05, 0.1) is 41.1 Å². The lowest BCUT2D eigenvalue weighted by Crippen LogP contribution is -2.52. The van der Waals surface area contributed by atoms with Gasteiger partial charge in [-0.2, -0.15) is 5.26 Å². The summed E-state index contributed by atoms with van der Waals surface area (Å²) in [6.45, 7) is 6.64. The number of carbonyl (C=O) groups is 2. The maximum Gasteiger partial charge on any atom is 0.326 e. The Morgan fingerprint density at radius 2 is 1.10 bits per heavy atom. The SMILES string of the molecule is Cc1c(COc2cc(OCc3cncc(C#N)c3)c(CN[C@@](C)(CO)C(=O)O)cc2Cl)cccc1-c1cccc(COc2cc(OCc3cncc(C4=NC4)c3)c(CN[C@@](C)(CO)C(=O)O)cc2Cl)c1C. The van der Waals surface area contributed by atoms with Gasteiger partial charge in [-0.25, -0.2) is 0 Å². The monoisotopic (exact) mass is 1000 g/mol. The van der Waals surface area contributed by atoms with Gasteiger partial charge in [0, 0.05) is 77.8 Å². The number of aromatic nitrogens is 2.